The smallest absolute Gasteiger partial charge is 0.137 e. The Morgan fingerprint density at radius 1 is 0.857 bits per heavy atom. The third-order valence-electron chi connectivity index (χ3n) is 7.47. The van der Waals surface area contributed by atoms with E-state index in [1.807, 2.05) is 20.8 Å². The van der Waals surface area contributed by atoms with Crippen LogP contribution < -0.4 is 15.9 Å². The molecule has 3 aromatic rings. The van der Waals surface area contributed by atoms with Crippen LogP contribution in [0.3, 0.4) is 0 Å². The highest BCUT2D eigenvalue weighted by Gasteiger charge is 2.48. The van der Waals surface area contributed by atoms with Crippen LogP contribution in [0.2, 0.25) is 0 Å². The number of hydrogen-bond acceptors (Lipinski definition) is 2. The van der Waals surface area contributed by atoms with Crippen molar-refractivity contribution in [3.63, 3.8) is 0 Å². The number of hydrogen-bond donors (Lipinski definition) is 2. The van der Waals surface area contributed by atoms with Gasteiger partial charge < -0.3 is 10.2 Å². The molecule has 2 N–H and O–H groups in total. The van der Waals surface area contributed by atoms with Gasteiger partial charge in [0, 0.05) is 5.92 Å². The molecular formula is C32H38O2P+. The van der Waals surface area contributed by atoms with Crippen molar-refractivity contribution in [1.29, 1.82) is 0 Å². The van der Waals surface area contributed by atoms with E-state index in [1.165, 1.54) is 15.9 Å². The summed E-state index contributed by atoms with van der Waals surface area (Å²) >= 11 is 0. The fraction of sp³-hybridized carbons (Fsp3) is 0.312. The van der Waals surface area contributed by atoms with E-state index in [0.717, 1.165) is 12.0 Å². The number of allylic oxidation sites excluding steroid dienone is 2. The Hall–Kier alpha value is -2.51. The maximum absolute atomic E-state index is 11.1. The third kappa shape index (κ3) is 5.36. The molecule has 1 fully saturated rings. The van der Waals surface area contributed by atoms with Gasteiger partial charge in [-0.15, -0.1) is 0 Å². The molecule has 2 nitrogen and oxygen atoms in total. The molecule has 0 aliphatic heterocycles. The summed E-state index contributed by atoms with van der Waals surface area (Å²) in [6.45, 7) is 7.78. The fourth-order valence-electron chi connectivity index (χ4n) is 5.63. The first-order chi connectivity index (χ1) is 16.6. The highest BCUT2D eigenvalue weighted by molar-refractivity contribution is 7.98. The van der Waals surface area contributed by atoms with Crippen molar-refractivity contribution in [3.05, 3.63) is 115 Å². The van der Waals surface area contributed by atoms with Crippen LogP contribution in [0.5, 0.6) is 0 Å². The molecule has 0 amide bonds. The van der Waals surface area contributed by atoms with E-state index in [0.29, 0.717) is 6.42 Å². The summed E-state index contributed by atoms with van der Waals surface area (Å²) in [6, 6.07) is 32.4. The lowest BCUT2D eigenvalue weighted by molar-refractivity contribution is -0.0294. The minimum absolute atomic E-state index is 0.0264. The summed E-state index contributed by atoms with van der Waals surface area (Å²) in [5.41, 5.74) is -0.486. The molecule has 0 bridgehead atoms. The number of rotatable bonds is 7. The van der Waals surface area contributed by atoms with Crippen molar-refractivity contribution >= 4 is 23.2 Å². The monoisotopic (exact) mass is 485 g/mol. The van der Waals surface area contributed by atoms with Gasteiger partial charge in [0.15, 0.2) is 0 Å². The van der Waals surface area contributed by atoms with Crippen LogP contribution in [0.4, 0.5) is 0 Å². The third-order valence-corrected chi connectivity index (χ3v) is 11.6. The predicted molar refractivity (Wildman–Crippen MR) is 151 cm³/mol. The molecule has 4 rings (SSSR count). The number of aliphatic hydroxyl groups is 2. The highest BCUT2D eigenvalue weighted by Crippen LogP contribution is 2.57. The van der Waals surface area contributed by atoms with Crippen molar-refractivity contribution in [2.75, 3.05) is 0 Å². The van der Waals surface area contributed by atoms with E-state index in [4.69, 9.17) is 0 Å². The maximum Gasteiger partial charge on any atom is 0.137 e. The Bertz CT molecular complexity index is 1060. The van der Waals surface area contributed by atoms with Gasteiger partial charge in [0.2, 0.25) is 0 Å². The summed E-state index contributed by atoms with van der Waals surface area (Å²) in [5, 5.41) is 25.8. The van der Waals surface area contributed by atoms with E-state index in [2.05, 4.69) is 116 Å². The standard InChI is InChI=1S/C32H38O2P/c1-25(20-21-30-29(31(2,3)33)22-23-32(30,4)34)24-35(26-14-8-5-9-15-26,27-16-10-6-11-17-27)28-18-12-7-13-19-28/h5-21,24,29-30,33-34H,22-23H2,1-4H3/q+1/b21-20+,25-24+. The Morgan fingerprint density at radius 3 is 1.69 bits per heavy atom. The molecule has 0 heterocycles. The van der Waals surface area contributed by atoms with Gasteiger partial charge in [-0.25, -0.2) is 0 Å². The lowest BCUT2D eigenvalue weighted by Crippen LogP contribution is -2.39. The van der Waals surface area contributed by atoms with Crippen LogP contribution >= 0.6 is 7.26 Å². The van der Waals surface area contributed by atoms with E-state index >= 15 is 0 Å². The zero-order valence-corrected chi connectivity index (χ0v) is 22.2. The summed E-state index contributed by atoms with van der Waals surface area (Å²) in [4.78, 5) is 0. The van der Waals surface area contributed by atoms with Gasteiger partial charge >= 0.3 is 0 Å². The van der Waals surface area contributed by atoms with Crippen molar-refractivity contribution in [1.82, 2.24) is 0 Å². The molecule has 3 aromatic carbocycles. The summed E-state index contributed by atoms with van der Waals surface area (Å²) in [5.74, 6) is 2.38. The lowest BCUT2D eigenvalue weighted by atomic mass is 9.78. The quantitative estimate of drug-likeness (QED) is 0.319. The molecule has 3 heteroatoms. The highest BCUT2D eigenvalue weighted by atomic mass is 31.2. The van der Waals surface area contributed by atoms with Gasteiger partial charge in [0.05, 0.1) is 17.0 Å². The second kappa shape index (κ2) is 10.2. The molecule has 1 saturated carbocycles. The largest absolute Gasteiger partial charge is 0.390 e. The zero-order valence-electron chi connectivity index (χ0n) is 21.3. The summed E-state index contributed by atoms with van der Waals surface area (Å²) in [6.07, 6.45) is 5.82. The number of benzene rings is 3. The maximum atomic E-state index is 11.1. The Kier molecular flexibility index (Phi) is 7.48. The Morgan fingerprint density at radius 2 is 1.29 bits per heavy atom. The zero-order chi connectivity index (χ0) is 25.1. The second-order valence-electron chi connectivity index (χ2n) is 10.6. The first-order valence-corrected chi connectivity index (χ1v) is 14.4. The predicted octanol–water partition coefficient (Wildman–Crippen LogP) is 5.99. The molecule has 1 aliphatic carbocycles. The van der Waals surface area contributed by atoms with Gasteiger partial charge in [0.25, 0.3) is 0 Å². The summed E-state index contributed by atoms with van der Waals surface area (Å²) in [7, 11) is -2.08. The minimum Gasteiger partial charge on any atom is -0.390 e. The Labute approximate surface area is 211 Å². The van der Waals surface area contributed by atoms with Crippen molar-refractivity contribution in [2.45, 2.75) is 51.7 Å². The van der Waals surface area contributed by atoms with Crippen molar-refractivity contribution in [2.24, 2.45) is 11.8 Å². The molecule has 0 saturated heterocycles. The second-order valence-corrected chi connectivity index (χ2v) is 13.9. The topological polar surface area (TPSA) is 40.5 Å². The van der Waals surface area contributed by atoms with Crippen LogP contribution in [0.1, 0.15) is 40.5 Å². The van der Waals surface area contributed by atoms with E-state index in [-0.39, 0.29) is 11.8 Å². The normalized spacial score (nSPS) is 23.7. The van der Waals surface area contributed by atoms with Gasteiger partial charge in [-0.05, 0) is 88.4 Å². The van der Waals surface area contributed by atoms with E-state index in [1.54, 1.807) is 0 Å². The van der Waals surface area contributed by atoms with Crippen LogP contribution in [0, 0.1) is 11.8 Å². The average molecular weight is 486 g/mol. The van der Waals surface area contributed by atoms with Gasteiger partial charge in [-0.3, -0.25) is 0 Å². The first kappa shape index (κ1) is 25.6. The SMILES string of the molecule is CC(/C=C/C1C(C(C)(C)O)CCC1(C)O)=C\[P+](c1ccccc1)(c1ccccc1)c1ccccc1. The van der Waals surface area contributed by atoms with Crippen molar-refractivity contribution in [3.8, 4) is 0 Å². The molecule has 3 unspecified atom stereocenters. The van der Waals surface area contributed by atoms with E-state index < -0.39 is 18.5 Å². The van der Waals surface area contributed by atoms with Crippen LogP contribution in [0.15, 0.2) is 115 Å². The van der Waals surface area contributed by atoms with Crippen LogP contribution in [0.25, 0.3) is 0 Å². The molecule has 182 valence electrons. The first-order valence-electron chi connectivity index (χ1n) is 12.5. The van der Waals surface area contributed by atoms with Crippen molar-refractivity contribution < 1.29 is 10.2 Å². The molecule has 0 aromatic heterocycles. The van der Waals surface area contributed by atoms with Gasteiger partial charge in [0.1, 0.15) is 23.2 Å². The molecular weight excluding hydrogens is 447 g/mol. The molecule has 0 spiro atoms. The van der Waals surface area contributed by atoms with Crippen LogP contribution in [-0.4, -0.2) is 21.4 Å². The molecule has 0 radical (unpaired) electrons. The average Bonchev–Trinajstić information content (AvgIpc) is 3.17. The lowest BCUT2D eigenvalue weighted by Gasteiger charge is -2.33. The molecule has 1 aliphatic rings. The summed E-state index contributed by atoms with van der Waals surface area (Å²) < 4.78 is 0. The Balaban J connectivity index is 1.85. The fourth-order valence-corrected chi connectivity index (χ4v) is 9.59. The van der Waals surface area contributed by atoms with Crippen LogP contribution in [-0.2, 0) is 0 Å². The molecule has 35 heavy (non-hydrogen) atoms. The van der Waals surface area contributed by atoms with Gasteiger partial charge in [-0.1, -0.05) is 66.7 Å². The van der Waals surface area contributed by atoms with Gasteiger partial charge in [-0.2, -0.15) is 0 Å². The minimum atomic E-state index is -2.08. The molecule has 3 atom stereocenters. The van der Waals surface area contributed by atoms with E-state index in [9.17, 15) is 10.2 Å².